The van der Waals surface area contributed by atoms with E-state index in [4.69, 9.17) is 5.26 Å². The van der Waals surface area contributed by atoms with Gasteiger partial charge in [0.15, 0.2) is 0 Å². The monoisotopic (exact) mass is 224 g/mol. The largest absolute Gasteiger partial charge is 0.306 e. The first kappa shape index (κ1) is 10.8. The number of hydrogen-bond acceptors (Lipinski definition) is 2. The number of nitrogens with zero attached hydrogens (tertiary/aromatic N) is 2. The zero-order valence-electron chi connectivity index (χ0n) is 8.49. The highest BCUT2D eigenvalue weighted by Crippen LogP contribution is 2.39. The molecular formula is C11H10F2N2O. The van der Waals surface area contributed by atoms with Gasteiger partial charge >= 0.3 is 0 Å². The van der Waals surface area contributed by atoms with Gasteiger partial charge in [0.2, 0.25) is 0 Å². The van der Waals surface area contributed by atoms with Gasteiger partial charge in [-0.15, -0.1) is 0 Å². The smallest absolute Gasteiger partial charge is 0.268 e. The Morgan fingerprint density at radius 2 is 2.19 bits per heavy atom. The molecule has 1 aliphatic carbocycles. The molecule has 1 aromatic rings. The number of pyridine rings is 1. The molecule has 0 atom stereocenters. The minimum atomic E-state index is -2.58. The van der Waals surface area contributed by atoms with Crippen LogP contribution >= 0.6 is 0 Å². The maximum Gasteiger partial charge on any atom is 0.268 e. The van der Waals surface area contributed by atoms with E-state index in [1.165, 1.54) is 6.07 Å². The second-order valence-corrected chi connectivity index (χ2v) is 3.86. The lowest BCUT2D eigenvalue weighted by Gasteiger charge is -2.11. The van der Waals surface area contributed by atoms with E-state index in [-0.39, 0.29) is 11.5 Å². The molecule has 0 unspecified atom stereocenters. The van der Waals surface area contributed by atoms with Crippen molar-refractivity contribution in [2.75, 3.05) is 0 Å². The van der Waals surface area contributed by atoms with Crippen LogP contribution in [0.3, 0.4) is 0 Å². The molecule has 1 aromatic heterocycles. The minimum Gasteiger partial charge on any atom is -0.306 e. The molecule has 0 aliphatic heterocycles. The van der Waals surface area contributed by atoms with E-state index in [2.05, 4.69) is 0 Å². The summed E-state index contributed by atoms with van der Waals surface area (Å²) in [5, 5.41) is 8.67. The van der Waals surface area contributed by atoms with Crippen molar-refractivity contribution in [1.82, 2.24) is 4.57 Å². The molecule has 0 amide bonds. The van der Waals surface area contributed by atoms with E-state index in [0.29, 0.717) is 5.69 Å². The Morgan fingerprint density at radius 3 is 2.69 bits per heavy atom. The molecule has 0 N–H and O–H groups in total. The molecule has 0 bridgehead atoms. The SMILES string of the molecule is N#Cc1ccc(C2CC2)n(CC(F)F)c1=O. The van der Waals surface area contributed by atoms with Crippen LogP contribution in [0.1, 0.15) is 30.0 Å². The summed E-state index contributed by atoms with van der Waals surface area (Å²) >= 11 is 0. The van der Waals surface area contributed by atoms with Gasteiger partial charge in [-0.25, -0.2) is 8.78 Å². The highest BCUT2D eigenvalue weighted by molar-refractivity contribution is 5.30. The lowest BCUT2D eigenvalue weighted by atomic mass is 10.2. The third-order valence-corrected chi connectivity index (χ3v) is 2.64. The average Bonchev–Trinajstić information content (AvgIpc) is 3.04. The summed E-state index contributed by atoms with van der Waals surface area (Å²) in [5.41, 5.74) is -0.0541. The van der Waals surface area contributed by atoms with Crippen LogP contribution in [0.25, 0.3) is 0 Å². The zero-order valence-corrected chi connectivity index (χ0v) is 8.49. The van der Waals surface area contributed by atoms with Crippen LogP contribution in [0.5, 0.6) is 0 Å². The third kappa shape index (κ3) is 1.96. The van der Waals surface area contributed by atoms with Gasteiger partial charge in [-0.1, -0.05) is 0 Å². The fraction of sp³-hybridized carbons (Fsp3) is 0.455. The van der Waals surface area contributed by atoms with E-state index in [9.17, 15) is 13.6 Å². The molecular weight excluding hydrogens is 214 g/mol. The Bertz CT molecular complexity index is 498. The lowest BCUT2D eigenvalue weighted by Crippen LogP contribution is -2.28. The summed E-state index contributed by atoms with van der Waals surface area (Å²) in [6, 6.07) is 4.74. The second kappa shape index (κ2) is 4.05. The predicted molar refractivity (Wildman–Crippen MR) is 53.4 cm³/mol. The highest BCUT2D eigenvalue weighted by Gasteiger charge is 2.28. The number of alkyl halides is 2. The Hall–Kier alpha value is -1.70. The van der Waals surface area contributed by atoms with E-state index in [0.717, 1.165) is 17.4 Å². The van der Waals surface area contributed by atoms with Crippen LogP contribution in [0.2, 0.25) is 0 Å². The normalized spacial score (nSPS) is 15.1. The Balaban J connectivity index is 2.50. The molecule has 16 heavy (non-hydrogen) atoms. The molecule has 0 aromatic carbocycles. The molecule has 0 spiro atoms. The lowest BCUT2D eigenvalue weighted by molar-refractivity contribution is 0.124. The van der Waals surface area contributed by atoms with Crippen molar-refractivity contribution in [3.8, 4) is 6.07 Å². The summed E-state index contributed by atoms with van der Waals surface area (Å²) in [6.45, 7) is -0.625. The first-order valence-electron chi connectivity index (χ1n) is 5.05. The first-order chi connectivity index (χ1) is 7.63. The summed E-state index contributed by atoms with van der Waals surface area (Å²) in [7, 11) is 0. The van der Waals surface area contributed by atoms with Crippen molar-refractivity contribution < 1.29 is 8.78 Å². The van der Waals surface area contributed by atoms with Crippen molar-refractivity contribution in [2.45, 2.75) is 31.7 Å². The van der Waals surface area contributed by atoms with Crippen LogP contribution in [-0.4, -0.2) is 11.0 Å². The van der Waals surface area contributed by atoms with Crippen LogP contribution in [0, 0.1) is 11.3 Å². The third-order valence-electron chi connectivity index (χ3n) is 2.64. The van der Waals surface area contributed by atoms with E-state index in [1.807, 2.05) is 0 Å². The van der Waals surface area contributed by atoms with Crippen LogP contribution in [-0.2, 0) is 6.54 Å². The Kier molecular flexibility index (Phi) is 2.73. The zero-order chi connectivity index (χ0) is 11.7. The maximum atomic E-state index is 12.4. The number of halogens is 2. The first-order valence-corrected chi connectivity index (χ1v) is 5.05. The summed E-state index contributed by atoms with van der Waals surface area (Å²) < 4.78 is 25.8. The van der Waals surface area contributed by atoms with Gasteiger partial charge in [0.05, 0.1) is 6.54 Å². The van der Waals surface area contributed by atoms with Gasteiger partial charge in [-0.3, -0.25) is 4.79 Å². The van der Waals surface area contributed by atoms with Gasteiger partial charge in [0.1, 0.15) is 11.6 Å². The molecule has 1 heterocycles. The van der Waals surface area contributed by atoms with Crippen LogP contribution < -0.4 is 5.56 Å². The standard InChI is InChI=1S/C11H10F2N2O/c12-10(13)6-15-9(7-1-2-7)4-3-8(5-14)11(15)16/h3-4,7,10H,1-2,6H2. The van der Waals surface area contributed by atoms with Crippen molar-refractivity contribution >= 4 is 0 Å². The molecule has 5 heteroatoms. The average molecular weight is 224 g/mol. The number of nitriles is 1. The topological polar surface area (TPSA) is 45.8 Å². The summed E-state index contributed by atoms with van der Waals surface area (Å²) in [6.07, 6.45) is -0.729. The minimum absolute atomic E-state index is 0.0787. The summed E-state index contributed by atoms with van der Waals surface area (Å²) in [5.74, 6) is 0.208. The quantitative estimate of drug-likeness (QED) is 0.786. The van der Waals surface area contributed by atoms with E-state index in [1.54, 1.807) is 12.1 Å². The van der Waals surface area contributed by atoms with Crippen LogP contribution in [0.15, 0.2) is 16.9 Å². The van der Waals surface area contributed by atoms with E-state index >= 15 is 0 Å². The molecule has 1 aliphatic rings. The van der Waals surface area contributed by atoms with Gasteiger partial charge in [-0.05, 0) is 30.9 Å². The van der Waals surface area contributed by atoms with Gasteiger partial charge in [-0.2, -0.15) is 5.26 Å². The van der Waals surface area contributed by atoms with E-state index < -0.39 is 18.5 Å². The molecule has 84 valence electrons. The van der Waals surface area contributed by atoms with Crippen molar-refractivity contribution in [3.63, 3.8) is 0 Å². The van der Waals surface area contributed by atoms with Crippen molar-refractivity contribution in [2.24, 2.45) is 0 Å². The van der Waals surface area contributed by atoms with Crippen molar-refractivity contribution in [1.29, 1.82) is 5.26 Å². The molecule has 1 saturated carbocycles. The predicted octanol–water partition coefficient (Wildman–Crippen LogP) is 1.86. The highest BCUT2D eigenvalue weighted by atomic mass is 19.3. The van der Waals surface area contributed by atoms with Gasteiger partial charge in [0.25, 0.3) is 12.0 Å². The Morgan fingerprint density at radius 1 is 1.50 bits per heavy atom. The summed E-state index contributed by atoms with van der Waals surface area (Å²) in [4.78, 5) is 11.7. The Labute approximate surface area is 90.9 Å². The molecule has 2 rings (SSSR count). The van der Waals surface area contributed by atoms with Crippen LogP contribution in [0.4, 0.5) is 8.78 Å². The molecule has 3 nitrogen and oxygen atoms in total. The number of rotatable bonds is 3. The number of aromatic nitrogens is 1. The van der Waals surface area contributed by atoms with Gasteiger partial charge < -0.3 is 4.57 Å². The maximum absolute atomic E-state index is 12.4. The van der Waals surface area contributed by atoms with Crippen molar-refractivity contribution in [3.05, 3.63) is 33.7 Å². The molecule has 1 fully saturated rings. The van der Waals surface area contributed by atoms with Gasteiger partial charge in [0, 0.05) is 5.69 Å². The fourth-order valence-corrected chi connectivity index (χ4v) is 1.74. The second-order valence-electron chi connectivity index (χ2n) is 3.86. The fourth-order valence-electron chi connectivity index (χ4n) is 1.74. The molecule has 0 radical (unpaired) electrons. The number of hydrogen-bond donors (Lipinski definition) is 0. The molecule has 0 saturated heterocycles.